The van der Waals surface area contributed by atoms with E-state index in [1.165, 1.54) is 6.92 Å². The van der Waals surface area contributed by atoms with Gasteiger partial charge in [-0.25, -0.2) is 18.5 Å². The van der Waals surface area contributed by atoms with Gasteiger partial charge in [-0.15, -0.1) is 0 Å². The Bertz CT molecular complexity index is 1320. The van der Waals surface area contributed by atoms with E-state index >= 15 is 0 Å². The van der Waals surface area contributed by atoms with Crippen LogP contribution in [0.4, 0.5) is 0 Å². The van der Waals surface area contributed by atoms with Crippen molar-refractivity contribution in [3.63, 3.8) is 0 Å². The summed E-state index contributed by atoms with van der Waals surface area (Å²) in [4.78, 5) is 59.2. The number of phosphoric acid groups is 3. The molecule has 6 N–H and O–H groups in total. The number of halogens is 2. The first-order valence-corrected chi connectivity index (χ1v) is 13.2. The van der Waals surface area contributed by atoms with Gasteiger partial charge in [0.1, 0.15) is 12.2 Å². The van der Waals surface area contributed by atoms with Crippen LogP contribution in [0.5, 0.6) is 0 Å². The third-order valence-corrected chi connectivity index (χ3v) is 7.96. The molecule has 0 bridgehead atoms. The molecule has 33 heavy (non-hydrogen) atoms. The minimum absolute atomic E-state index is 0.105. The fraction of sp³-hybridized carbons (Fsp3) is 0.500. The maximum Gasteiger partial charge on any atom is 0.490 e. The first kappa shape index (κ1) is 25.2. The highest BCUT2D eigenvalue weighted by Crippen LogP contribution is 2.66. The van der Waals surface area contributed by atoms with Gasteiger partial charge >= 0.3 is 29.2 Å². The van der Waals surface area contributed by atoms with Gasteiger partial charge in [-0.1, -0.05) is 17.5 Å². The number of nitrogens with zero attached hydrogens (tertiary/aromatic N) is 1. The van der Waals surface area contributed by atoms with Crippen molar-refractivity contribution < 1.29 is 59.0 Å². The topological polar surface area (TPSA) is 244 Å². The van der Waals surface area contributed by atoms with Crippen molar-refractivity contribution in [2.45, 2.75) is 30.2 Å². The molecule has 0 aromatic carbocycles. The van der Waals surface area contributed by atoms with Crippen LogP contribution in [-0.2, 0) is 31.6 Å². The number of rotatable bonds is 8. The average molecular weight is 577 g/mol. The van der Waals surface area contributed by atoms with Crippen molar-refractivity contribution >= 4 is 46.7 Å². The highest BCUT2D eigenvalue weighted by atomic mass is 35.5. The largest absolute Gasteiger partial charge is 0.490 e. The van der Waals surface area contributed by atoms with Crippen molar-refractivity contribution in [2.24, 2.45) is 0 Å². The summed E-state index contributed by atoms with van der Waals surface area (Å²) in [6.45, 7) is -2.40. The van der Waals surface area contributed by atoms with Gasteiger partial charge in [0.2, 0.25) is 0 Å². The molecule has 1 aromatic heterocycles. The van der Waals surface area contributed by atoms with E-state index in [0.717, 1.165) is 6.07 Å². The lowest BCUT2D eigenvalue weighted by atomic mass is 9.99. The van der Waals surface area contributed by atoms with E-state index in [2.05, 4.69) is 19.1 Å². The molecule has 0 amide bonds. The van der Waals surface area contributed by atoms with Crippen LogP contribution < -0.4 is 11.2 Å². The molecule has 1 aromatic rings. The first-order chi connectivity index (χ1) is 15.6. The lowest BCUT2D eigenvalue weighted by molar-refractivity contribution is -0.0462. The average Bonchev–Trinajstić information content (AvgIpc) is 2.83. The summed E-state index contributed by atoms with van der Waals surface area (Å²) in [5, 5.41) is 12.5. The monoisotopic (exact) mass is 576 g/mol. The molecule has 0 radical (unpaired) electrons. The Kier molecular flexibility index (Phi) is 7.67. The molecule has 16 nitrogen and oxygen atoms in total. The SMILES string of the molecule is [2H]C([2H])(OP(=O)(O)OP(=O)(O)OP(=O)(O)O)[C@H]1O[C@@H](n2c(C)cc(=O)[nH]c2=O)C(Cl)(C#CCl)[C@H]1O. The predicted molar refractivity (Wildman–Crippen MR) is 108 cm³/mol. The molecule has 1 aliphatic rings. The smallest absolute Gasteiger partial charge is 0.387 e. The number of ether oxygens (including phenoxy) is 1. The number of aliphatic hydroxyl groups excluding tert-OH is 1. The molecule has 21 heteroatoms. The number of aliphatic hydroxyl groups is 1. The van der Waals surface area contributed by atoms with E-state index in [-0.39, 0.29) is 5.69 Å². The summed E-state index contributed by atoms with van der Waals surface area (Å²) in [5.74, 6) is 2.10. The molecule has 1 saturated heterocycles. The summed E-state index contributed by atoms with van der Waals surface area (Å²) in [5.41, 5.74) is -2.07. The van der Waals surface area contributed by atoms with Crippen LogP contribution in [0.15, 0.2) is 15.7 Å². The zero-order valence-electron chi connectivity index (χ0n) is 17.8. The number of H-pyrrole nitrogens is 1. The van der Waals surface area contributed by atoms with Crippen molar-refractivity contribution in [3.05, 3.63) is 32.6 Å². The summed E-state index contributed by atoms with van der Waals surface area (Å²) in [6, 6.07) is 0.913. The molecule has 1 fully saturated rings. The highest BCUT2D eigenvalue weighted by Gasteiger charge is 2.57. The van der Waals surface area contributed by atoms with E-state index in [9.17, 15) is 38.2 Å². The number of hydrogen-bond donors (Lipinski definition) is 6. The van der Waals surface area contributed by atoms with Gasteiger partial charge in [-0.2, -0.15) is 8.62 Å². The lowest BCUT2D eigenvalue weighted by Crippen LogP contribution is -2.45. The van der Waals surface area contributed by atoms with Crippen LogP contribution in [0.25, 0.3) is 0 Å². The molecule has 2 heterocycles. The summed E-state index contributed by atoms with van der Waals surface area (Å²) >= 11 is 11.7. The van der Waals surface area contributed by atoms with Crippen molar-refractivity contribution in [3.8, 4) is 11.3 Å². The quantitative estimate of drug-likeness (QED) is 0.131. The van der Waals surface area contributed by atoms with E-state index in [1.807, 2.05) is 10.4 Å². The van der Waals surface area contributed by atoms with E-state index in [0.29, 0.717) is 4.57 Å². The molecular formula is C12H15Cl2N2O14P3. The van der Waals surface area contributed by atoms with Gasteiger partial charge in [-0.05, 0) is 18.5 Å². The fourth-order valence-corrected chi connectivity index (χ4v) is 5.95. The zero-order valence-corrected chi connectivity index (χ0v) is 20.0. The maximum atomic E-state index is 12.3. The predicted octanol–water partition coefficient (Wildman–Crippen LogP) is -0.376. The Balaban J connectivity index is 2.46. The van der Waals surface area contributed by atoms with Crippen molar-refractivity contribution in [1.82, 2.24) is 9.55 Å². The molecular weight excluding hydrogens is 560 g/mol. The molecule has 0 aliphatic carbocycles. The number of aromatic amines is 1. The van der Waals surface area contributed by atoms with Crippen LogP contribution in [0.2, 0.25) is 0 Å². The van der Waals surface area contributed by atoms with Gasteiger partial charge in [0.05, 0.1) is 9.30 Å². The van der Waals surface area contributed by atoms with Crippen LogP contribution in [0.3, 0.4) is 0 Å². The first-order valence-electron chi connectivity index (χ1n) is 8.96. The number of nitrogens with one attached hydrogen (secondary N) is 1. The number of aromatic nitrogens is 2. The Hall–Kier alpha value is -0.850. The normalized spacial score (nSPS) is 30.4. The second kappa shape index (κ2) is 10.0. The second-order valence-electron chi connectivity index (χ2n) is 6.09. The molecule has 2 rings (SSSR count). The van der Waals surface area contributed by atoms with Crippen LogP contribution >= 0.6 is 46.7 Å². The minimum Gasteiger partial charge on any atom is -0.387 e. The maximum absolute atomic E-state index is 12.3. The van der Waals surface area contributed by atoms with E-state index < -0.39 is 64.6 Å². The van der Waals surface area contributed by atoms with Gasteiger partial charge < -0.3 is 29.4 Å². The zero-order chi connectivity index (χ0) is 27.2. The van der Waals surface area contributed by atoms with Crippen molar-refractivity contribution in [1.29, 1.82) is 0 Å². The molecule has 0 spiro atoms. The third-order valence-electron chi connectivity index (χ3n) is 3.69. The number of phosphoric ester groups is 1. The fourth-order valence-electron chi connectivity index (χ4n) is 2.56. The Morgan fingerprint density at radius 3 is 2.39 bits per heavy atom. The number of hydrogen-bond acceptors (Lipinski definition) is 10. The minimum atomic E-state index is -6.04. The molecule has 6 atom stereocenters. The van der Waals surface area contributed by atoms with Gasteiger partial charge in [-0.3, -0.25) is 18.9 Å². The summed E-state index contributed by atoms with van der Waals surface area (Å²) in [6.07, 6.45) is -6.61. The number of alkyl halides is 1. The second-order valence-corrected chi connectivity index (χ2v) is 11.3. The Morgan fingerprint density at radius 1 is 1.27 bits per heavy atom. The van der Waals surface area contributed by atoms with Crippen LogP contribution in [0, 0.1) is 18.2 Å². The summed E-state index contributed by atoms with van der Waals surface area (Å²) in [7, 11) is -17.8. The van der Waals surface area contributed by atoms with Crippen LogP contribution in [-0.4, -0.2) is 57.9 Å². The molecule has 186 valence electrons. The lowest BCUT2D eigenvalue weighted by Gasteiger charge is -2.26. The van der Waals surface area contributed by atoms with Crippen molar-refractivity contribution in [2.75, 3.05) is 6.56 Å². The van der Waals surface area contributed by atoms with Gasteiger partial charge in [0, 0.05) is 17.1 Å². The molecule has 1 aliphatic heterocycles. The van der Waals surface area contributed by atoms with Crippen LogP contribution in [0.1, 0.15) is 14.7 Å². The standard InChI is InChI=1S/C12H15Cl2N2O14P3/c1-6-4-8(17)15-11(19)16(6)10-12(14,2-3-13)9(18)7(28-10)5-27-32(23,24)30-33(25,26)29-31(20,21)22/h4,7,9-10,18H,5H2,1H3,(H,23,24)(H,25,26)(H,15,17,19)(H2,20,21,22)/t7-,9+,10-,12?/m1/s1/i5D2. The van der Waals surface area contributed by atoms with Gasteiger partial charge in [0.15, 0.2) is 11.1 Å². The Morgan fingerprint density at radius 2 is 1.88 bits per heavy atom. The molecule has 3 unspecified atom stereocenters. The van der Waals surface area contributed by atoms with E-state index in [1.54, 1.807) is 0 Å². The van der Waals surface area contributed by atoms with Gasteiger partial charge in [0.25, 0.3) is 5.56 Å². The highest BCUT2D eigenvalue weighted by molar-refractivity contribution is 7.66. The molecule has 0 saturated carbocycles. The number of aryl methyl sites for hydroxylation is 1. The third kappa shape index (κ3) is 7.08. The summed E-state index contributed by atoms with van der Waals surface area (Å²) < 4.78 is 67.1. The Labute approximate surface area is 196 Å². The van der Waals surface area contributed by atoms with E-state index in [4.69, 9.17) is 40.5 Å².